The molecule has 1 aromatic rings. The Hall–Kier alpha value is -2.45. The number of hydrogen-bond donors (Lipinski definition) is 3. The van der Waals surface area contributed by atoms with Gasteiger partial charge in [0.15, 0.2) is 0 Å². The van der Waals surface area contributed by atoms with Gasteiger partial charge in [0.05, 0.1) is 24.5 Å². The van der Waals surface area contributed by atoms with Crippen molar-refractivity contribution in [2.75, 3.05) is 19.7 Å². The maximum Gasteiger partial charge on any atom is 0.245 e. The van der Waals surface area contributed by atoms with Gasteiger partial charge in [0, 0.05) is 19.6 Å². The molecule has 1 aromatic carbocycles. The lowest BCUT2D eigenvalue weighted by atomic mass is 9.70. The molecule has 2 bridgehead atoms. The number of rotatable bonds is 9. The number of nitrogens with one attached hydrogen (secondary N) is 2. The molecular formula is C23H31N3O5. The average molecular weight is 430 g/mol. The maximum absolute atomic E-state index is 13.4. The second kappa shape index (κ2) is 8.96. The second-order valence-electron chi connectivity index (χ2n) is 8.66. The molecule has 3 aliphatic heterocycles. The van der Waals surface area contributed by atoms with E-state index in [0.29, 0.717) is 25.9 Å². The maximum atomic E-state index is 13.4. The molecule has 3 saturated heterocycles. The first-order valence-corrected chi connectivity index (χ1v) is 11.2. The number of unbranched alkanes of at least 4 members (excludes halogenated alkanes) is 1. The van der Waals surface area contributed by atoms with Crippen molar-refractivity contribution in [3.05, 3.63) is 35.9 Å². The van der Waals surface area contributed by atoms with E-state index >= 15 is 0 Å². The van der Waals surface area contributed by atoms with Crippen molar-refractivity contribution in [2.24, 2.45) is 11.8 Å². The normalized spacial score (nSPS) is 31.0. The fourth-order valence-corrected chi connectivity index (χ4v) is 5.49. The number of benzene rings is 1. The number of fused-ring (bicyclic) bond motifs is 1. The van der Waals surface area contributed by atoms with Gasteiger partial charge in [-0.15, -0.1) is 0 Å². The summed E-state index contributed by atoms with van der Waals surface area (Å²) in [4.78, 5) is 41.0. The molecular weight excluding hydrogens is 398 g/mol. The Labute approximate surface area is 182 Å². The third-order valence-electron chi connectivity index (χ3n) is 6.83. The van der Waals surface area contributed by atoms with Crippen LogP contribution in [0.5, 0.6) is 0 Å². The minimum atomic E-state index is -0.998. The van der Waals surface area contributed by atoms with Crippen molar-refractivity contribution in [1.82, 2.24) is 15.5 Å². The van der Waals surface area contributed by atoms with Gasteiger partial charge in [-0.1, -0.05) is 43.7 Å². The fourth-order valence-electron chi connectivity index (χ4n) is 5.49. The van der Waals surface area contributed by atoms with Crippen molar-refractivity contribution < 1.29 is 24.2 Å². The highest BCUT2D eigenvalue weighted by atomic mass is 16.5. The summed E-state index contributed by atoms with van der Waals surface area (Å²) >= 11 is 0. The summed E-state index contributed by atoms with van der Waals surface area (Å²) in [7, 11) is 0. The number of amides is 3. The van der Waals surface area contributed by atoms with Gasteiger partial charge < -0.3 is 25.4 Å². The highest BCUT2D eigenvalue weighted by Gasteiger charge is 2.74. The molecule has 3 amide bonds. The van der Waals surface area contributed by atoms with E-state index in [9.17, 15) is 19.5 Å². The van der Waals surface area contributed by atoms with Crippen LogP contribution < -0.4 is 10.6 Å². The van der Waals surface area contributed by atoms with Crippen molar-refractivity contribution in [3.8, 4) is 0 Å². The first kappa shape index (κ1) is 21.8. The average Bonchev–Trinajstić information content (AvgIpc) is 3.41. The zero-order valence-electron chi connectivity index (χ0n) is 17.9. The van der Waals surface area contributed by atoms with Gasteiger partial charge in [0.2, 0.25) is 17.7 Å². The van der Waals surface area contributed by atoms with Crippen LogP contribution in [0.2, 0.25) is 0 Å². The van der Waals surface area contributed by atoms with Crippen molar-refractivity contribution in [1.29, 1.82) is 0 Å². The molecule has 3 N–H and O–H groups in total. The first-order valence-electron chi connectivity index (χ1n) is 11.2. The quantitative estimate of drug-likeness (QED) is 0.498. The molecule has 3 heterocycles. The van der Waals surface area contributed by atoms with Gasteiger partial charge in [-0.2, -0.15) is 0 Å². The molecule has 8 nitrogen and oxygen atoms in total. The van der Waals surface area contributed by atoms with E-state index in [4.69, 9.17) is 4.74 Å². The van der Waals surface area contributed by atoms with Gasteiger partial charge in [-0.05, 0) is 24.8 Å². The molecule has 0 aromatic heterocycles. The van der Waals surface area contributed by atoms with Crippen LogP contribution in [0.4, 0.5) is 0 Å². The Morgan fingerprint density at radius 3 is 2.71 bits per heavy atom. The lowest BCUT2D eigenvalue weighted by Gasteiger charge is -2.33. The lowest BCUT2D eigenvalue weighted by Crippen LogP contribution is -2.55. The number of ether oxygens (including phenoxy) is 1. The SMILES string of the molecule is CCCCNC(=O)C1N(CCO)C(=O)[C@@H]2[C@H](C(=O)NCc3ccccc3)[C@@H]3CCC12O3. The van der Waals surface area contributed by atoms with Gasteiger partial charge in [0.25, 0.3) is 0 Å². The summed E-state index contributed by atoms with van der Waals surface area (Å²) in [6.45, 7) is 2.74. The molecule has 3 fully saturated rings. The van der Waals surface area contributed by atoms with Crippen LogP contribution in [0, 0.1) is 11.8 Å². The number of hydrogen-bond acceptors (Lipinski definition) is 5. The van der Waals surface area contributed by atoms with Crippen LogP contribution in [0.3, 0.4) is 0 Å². The first-order chi connectivity index (χ1) is 15.0. The number of likely N-dealkylation sites (tertiary alicyclic amines) is 1. The summed E-state index contributed by atoms with van der Waals surface area (Å²) in [6.07, 6.45) is 2.62. The summed E-state index contributed by atoms with van der Waals surface area (Å²) in [6, 6.07) is 8.78. The Morgan fingerprint density at radius 1 is 1.23 bits per heavy atom. The van der Waals surface area contributed by atoms with E-state index in [1.54, 1.807) is 0 Å². The topological polar surface area (TPSA) is 108 Å². The molecule has 8 heteroatoms. The number of carbonyl (C=O) groups excluding carboxylic acids is 3. The molecule has 0 radical (unpaired) electrons. The van der Waals surface area contributed by atoms with Gasteiger partial charge in [-0.25, -0.2) is 0 Å². The van der Waals surface area contributed by atoms with Crippen LogP contribution in [-0.2, 0) is 25.7 Å². The largest absolute Gasteiger partial charge is 0.395 e. The third kappa shape index (κ3) is 3.72. The monoisotopic (exact) mass is 429 g/mol. The molecule has 5 atom stereocenters. The van der Waals surface area contributed by atoms with Crippen molar-refractivity contribution >= 4 is 17.7 Å². The Kier molecular flexibility index (Phi) is 6.29. The fraction of sp³-hybridized carbons (Fsp3) is 0.609. The minimum absolute atomic E-state index is 0.0509. The number of aliphatic hydroxyl groups excluding tert-OH is 1. The summed E-state index contributed by atoms with van der Waals surface area (Å²) in [5.41, 5.74) is -0.0235. The van der Waals surface area contributed by atoms with Crippen LogP contribution in [-0.4, -0.2) is 65.2 Å². The van der Waals surface area contributed by atoms with E-state index in [0.717, 1.165) is 18.4 Å². The number of carbonyl (C=O) groups is 3. The van der Waals surface area contributed by atoms with Gasteiger partial charge in [-0.3, -0.25) is 14.4 Å². The van der Waals surface area contributed by atoms with Gasteiger partial charge in [0.1, 0.15) is 11.6 Å². The van der Waals surface area contributed by atoms with E-state index in [2.05, 4.69) is 10.6 Å². The van der Waals surface area contributed by atoms with E-state index in [1.165, 1.54) is 4.90 Å². The number of aliphatic hydroxyl groups is 1. The minimum Gasteiger partial charge on any atom is -0.395 e. The van der Waals surface area contributed by atoms with Crippen LogP contribution in [0.25, 0.3) is 0 Å². The molecule has 4 rings (SSSR count). The van der Waals surface area contributed by atoms with Gasteiger partial charge >= 0.3 is 0 Å². The molecule has 31 heavy (non-hydrogen) atoms. The molecule has 168 valence electrons. The summed E-state index contributed by atoms with van der Waals surface area (Å²) < 4.78 is 6.29. The van der Waals surface area contributed by atoms with Crippen LogP contribution in [0.15, 0.2) is 30.3 Å². The number of nitrogens with zero attached hydrogens (tertiary/aromatic N) is 1. The zero-order chi connectivity index (χ0) is 22.0. The molecule has 3 aliphatic rings. The Morgan fingerprint density at radius 2 is 2.00 bits per heavy atom. The predicted molar refractivity (Wildman–Crippen MR) is 113 cm³/mol. The number of β-amino-alcohol motifs (C(OH)–C–C–N with tert-alkyl or cyclic N) is 1. The van der Waals surface area contributed by atoms with E-state index < -0.39 is 23.5 Å². The third-order valence-corrected chi connectivity index (χ3v) is 6.83. The predicted octanol–water partition coefficient (Wildman–Crippen LogP) is 0.586. The Balaban J connectivity index is 1.55. The van der Waals surface area contributed by atoms with E-state index in [-0.39, 0.29) is 37.0 Å². The van der Waals surface area contributed by atoms with Crippen molar-refractivity contribution in [2.45, 2.75) is 56.9 Å². The standard InChI is InChI=1S/C23H31N3O5/c1-2-3-11-24-21(29)19-23-10-9-16(31-23)17(18(23)22(30)26(19)12-13-27)20(28)25-14-15-7-5-4-6-8-15/h4-8,16-19,27H,2-3,9-14H2,1H3,(H,24,29)(H,25,28)/t16-,17+,18-,19?,23?/m0/s1. The lowest BCUT2D eigenvalue weighted by molar-refractivity contribution is -0.142. The van der Waals surface area contributed by atoms with Crippen LogP contribution in [0.1, 0.15) is 38.2 Å². The summed E-state index contributed by atoms with van der Waals surface area (Å²) in [5.74, 6) is -2.07. The van der Waals surface area contributed by atoms with Crippen molar-refractivity contribution in [3.63, 3.8) is 0 Å². The zero-order valence-corrected chi connectivity index (χ0v) is 17.9. The molecule has 2 unspecified atom stereocenters. The second-order valence-corrected chi connectivity index (χ2v) is 8.66. The molecule has 1 spiro atoms. The molecule has 0 saturated carbocycles. The van der Waals surface area contributed by atoms with Crippen LogP contribution >= 0.6 is 0 Å². The highest BCUT2D eigenvalue weighted by molar-refractivity contribution is 5.98. The Bertz CT molecular complexity index is 832. The van der Waals surface area contributed by atoms with E-state index in [1.807, 2.05) is 37.3 Å². The molecule has 0 aliphatic carbocycles. The highest BCUT2D eigenvalue weighted by Crippen LogP contribution is 2.58. The smallest absolute Gasteiger partial charge is 0.245 e. The summed E-state index contributed by atoms with van der Waals surface area (Å²) in [5, 5.41) is 15.4.